The van der Waals surface area contributed by atoms with Crippen molar-refractivity contribution in [3.8, 4) is 5.75 Å². The first-order valence-corrected chi connectivity index (χ1v) is 12.2. The lowest BCUT2D eigenvalue weighted by Gasteiger charge is -2.28. The van der Waals surface area contributed by atoms with Crippen LogP contribution >= 0.6 is 0 Å². The van der Waals surface area contributed by atoms with Gasteiger partial charge in [0.15, 0.2) is 0 Å². The molecule has 4 rings (SSSR count). The molecule has 2 aliphatic rings. The number of hydrogen-bond donors (Lipinski definition) is 3. The fourth-order valence-corrected chi connectivity index (χ4v) is 4.09. The Morgan fingerprint density at radius 1 is 1.07 bits per heavy atom. The van der Waals surface area contributed by atoms with E-state index in [4.69, 9.17) is 24.5 Å². The van der Waals surface area contributed by atoms with Crippen LogP contribution in [0.2, 0.25) is 0 Å². The van der Waals surface area contributed by atoms with Crippen molar-refractivity contribution in [3.05, 3.63) is 54.1 Å². The van der Waals surface area contributed by atoms with Crippen molar-refractivity contribution in [2.75, 3.05) is 26.2 Å². The van der Waals surface area contributed by atoms with Crippen molar-refractivity contribution < 1.29 is 60.5 Å². The molecule has 230 valence electrons. The van der Waals surface area contributed by atoms with Crippen molar-refractivity contribution in [3.63, 3.8) is 0 Å². The summed E-state index contributed by atoms with van der Waals surface area (Å²) in [7, 11) is 0. The number of carboxylic acid groups (broad SMARTS) is 2. The van der Waals surface area contributed by atoms with Gasteiger partial charge in [0.1, 0.15) is 5.75 Å². The molecule has 0 unspecified atom stereocenters. The number of ether oxygens (including phenoxy) is 1. The van der Waals surface area contributed by atoms with Crippen LogP contribution in [0.5, 0.6) is 5.75 Å². The predicted molar refractivity (Wildman–Crippen MR) is 130 cm³/mol. The van der Waals surface area contributed by atoms with E-state index in [2.05, 4.69) is 15.3 Å². The molecule has 2 amide bonds. The molecule has 2 atom stereocenters. The van der Waals surface area contributed by atoms with Gasteiger partial charge in [0.2, 0.25) is 5.91 Å². The number of aromatic nitrogens is 2. The van der Waals surface area contributed by atoms with Gasteiger partial charge in [-0.1, -0.05) is 6.92 Å². The summed E-state index contributed by atoms with van der Waals surface area (Å²) in [6, 6.07) is 7.36. The lowest BCUT2D eigenvalue weighted by Crippen LogP contribution is -2.41. The van der Waals surface area contributed by atoms with Gasteiger partial charge in [0, 0.05) is 43.6 Å². The van der Waals surface area contributed by atoms with Gasteiger partial charge in [-0.2, -0.15) is 26.3 Å². The number of halogens is 6. The molecule has 0 bridgehead atoms. The van der Waals surface area contributed by atoms with Crippen LogP contribution in [0.25, 0.3) is 0 Å². The average molecular weight is 608 g/mol. The number of amides is 2. The van der Waals surface area contributed by atoms with E-state index in [9.17, 15) is 35.9 Å². The smallest absolute Gasteiger partial charge is 0.490 e. The largest absolute Gasteiger partial charge is 0.492 e. The quantitative estimate of drug-likeness (QED) is 0.434. The zero-order valence-electron chi connectivity index (χ0n) is 21.9. The topological polar surface area (TPSA) is 159 Å². The summed E-state index contributed by atoms with van der Waals surface area (Å²) in [6.45, 7) is 3.98. The molecular formula is C25H26F6N4O7. The van der Waals surface area contributed by atoms with E-state index in [0.717, 1.165) is 12.1 Å². The zero-order chi connectivity index (χ0) is 31.7. The maximum absolute atomic E-state index is 12.9. The number of hydrogen-bond acceptors (Lipinski definition) is 7. The molecule has 2 aromatic heterocycles. The van der Waals surface area contributed by atoms with Crippen molar-refractivity contribution in [1.82, 2.24) is 20.2 Å². The van der Waals surface area contributed by atoms with Crippen molar-refractivity contribution in [2.45, 2.75) is 32.1 Å². The third-order valence-electron chi connectivity index (χ3n) is 6.34. The Morgan fingerprint density at radius 2 is 1.69 bits per heavy atom. The number of aryl methyl sites for hydroxylation is 1. The maximum Gasteiger partial charge on any atom is 0.490 e. The summed E-state index contributed by atoms with van der Waals surface area (Å²) < 4.78 is 69.3. The van der Waals surface area contributed by atoms with Crippen molar-refractivity contribution in [2.24, 2.45) is 11.3 Å². The fraction of sp³-hybridized carbons (Fsp3) is 0.440. The highest BCUT2D eigenvalue weighted by atomic mass is 19.4. The van der Waals surface area contributed by atoms with Crippen LogP contribution in [0.4, 0.5) is 26.3 Å². The Bertz CT molecular complexity index is 1220. The second-order valence-electron chi connectivity index (χ2n) is 9.04. The lowest BCUT2D eigenvalue weighted by molar-refractivity contribution is -0.193. The van der Waals surface area contributed by atoms with Crippen molar-refractivity contribution in [1.29, 1.82) is 0 Å². The molecule has 4 heterocycles. The molecular weight excluding hydrogens is 582 g/mol. The van der Waals surface area contributed by atoms with Gasteiger partial charge in [0.05, 0.1) is 23.8 Å². The molecule has 0 aliphatic carbocycles. The monoisotopic (exact) mass is 608 g/mol. The number of alkyl halides is 6. The molecule has 2 aromatic rings. The number of aliphatic carboxylic acids is 2. The highest BCUT2D eigenvalue weighted by Crippen LogP contribution is 2.42. The minimum absolute atomic E-state index is 0.0126. The van der Waals surface area contributed by atoms with Crippen LogP contribution < -0.4 is 10.1 Å². The van der Waals surface area contributed by atoms with Crippen LogP contribution in [0, 0.1) is 11.3 Å². The number of nitrogens with one attached hydrogen (secondary N) is 1. The predicted octanol–water partition coefficient (Wildman–Crippen LogP) is 2.96. The first kappa shape index (κ1) is 33.8. The summed E-state index contributed by atoms with van der Waals surface area (Å²) in [6.07, 6.45) is -3.71. The van der Waals surface area contributed by atoms with Gasteiger partial charge in [-0.3, -0.25) is 19.6 Å². The maximum atomic E-state index is 12.9. The molecule has 3 N–H and O–H groups in total. The van der Waals surface area contributed by atoms with E-state index in [1.165, 1.54) is 0 Å². The molecule has 11 nitrogen and oxygen atoms in total. The molecule has 42 heavy (non-hydrogen) atoms. The summed E-state index contributed by atoms with van der Waals surface area (Å²) in [4.78, 5) is 53.5. The Hall–Kier alpha value is -4.44. The van der Waals surface area contributed by atoms with Crippen LogP contribution in [0.3, 0.4) is 0 Å². The van der Waals surface area contributed by atoms with E-state index in [1.54, 1.807) is 23.5 Å². The summed E-state index contributed by atoms with van der Waals surface area (Å²) >= 11 is 0. The van der Waals surface area contributed by atoms with Crippen molar-refractivity contribution >= 4 is 23.8 Å². The zero-order valence-corrected chi connectivity index (χ0v) is 21.9. The number of rotatable bonds is 5. The van der Waals surface area contributed by atoms with Gasteiger partial charge < -0.3 is 25.2 Å². The van der Waals surface area contributed by atoms with Crippen LogP contribution in [-0.4, -0.2) is 87.4 Å². The van der Waals surface area contributed by atoms with Crippen LogP contribution in [0.1, 0.15) is 29.4 Å². The fourth-order valence-electron chi connectivity index (χ4n) is 4.09. The first-order chi connectivity index (χ1) is 19.5. The Labute approximate surface area is 234 Å². The van der Waals surface area contributed by atoms with Gasteiger partial charge >= 0.3 is 24.3 Å². The highest BCUT2D eigenvalue weighted by molar-refractivity contribution is 5.95. The number of carbonyl (C=O) groups is 4. The SMILES string of the molecule is CCc1ccc(C(=O)N2CC[C@]3(C2)C(=O)NC[C@@H]3COc2cccnc2)cn1.O=C(O)C(F)(F)F.O=C(O)C(F)(F)F. The standard InChI is InChI=1S/C21H24N4O3.2C2HF3O2/c1-2-17-6-5-15(10-23-17)19(26)25-9-7-21(14-25)16(11-24-20(21)27)13-28-18-4-3-8-22-12-18;2*3-2(4,5)1(6)7/h3-6,8,10,12,16H,2,7,9,11,13-14H2,1H3,(H,24,27);2*(H,6,7)/t16-,21-;;/m1../s1. The Kier molecular flexibility index (Phi) is 11.2. The molecule has 1 spiro atoms. The number of nitrogens with zero attached hydrogens (tertiary/aromatic N) is 3. The van der Waals surface area contributed by atoms with Gasteiger partial charge in [-0.25, -0.2) is 9.59 Å². The first-order valence-electron chi connectivity index (χ1n) is 12.2. The molecule has 2 fully saturated rings. The molecule has 0 saturated carbocycles. The summed E-state index contributed by atoms with van der Waals surface area (Å²) in [5.41, 5.74) is 0.933. The Balaban J connectivity index is 0.000000367. The number of likely N-dealkylation sites (tertiary alicyclic amines) is 1. The molecule has 0 aromatic carbocycles. The minimum Gasteiger partial charge on any atom is -0.492 e. The summed E-state index contributed by atoms with van der Waals surface area (Å²) in [5, 5.41) is 17.2. The molecule has 0 radical (unpaired) electrons. The van der Waals surface area contributed by atoms with Gasteiger partial charge in [-0.05, 0) is 37.1 Å². The highest BCUT2D eigenvalue weighted by Gasteiger charge is 2.55. The summed E-state index contributed by atoms with van der Waals surface area (Å²) in [5.74, 6) is -4.87. The second-order valence-corrected chi connectivity index (χ2v) is 9.04. The lowest BCUT2D eigenvalue weighted by atomic mass is 9.77. The van der Waals surface area contributed by atoms with Crippen LogP contribution in [-0.2, 0) is 20.8 Å². The number of carbonyl (C=O) groups excluding carboxylic acids is 2. The van der Waals surface area contributed by atoms with E-state index in [0.29, 0.717) is 44.0 Å². The van der Waals surface area contributed by atoms with Gasteiger partial charge in [0.25, 0.3) is 5.91 Å². The minimum atomic E-state index is -5.08. The Morgan fingerprint density at radius 3 is 2.17 bits per heavy atom. The molecule has 17 heteroatoms. The van der Waals surface area contributed by atoms with Gasteiger partial charge in [-0.15, -0.1) is 0 Å². The number of carboxylic acids is 2. The molecule has 2 saturated heterocycles. The second kappa shape index (κ2) is 14.0. The van der Waals surface area contributed by atoms with E-state index in [-0.39, 0.29) is 17.7 Å². The van der Waals surface area contributed by atoms with E-state index >= 15 is 0 Å². The van der Waals surface area contributed by atoms with E-state index in [1.807, 2.05) is 31.2 Å². The third kappa shape index (κ3) is 9.04. The third-order valence-corrected chi connectivity index (χ3v) is 6.34. The number of pyridine rings is 2. The normalized spacial score (nSPS) is 19.6. The average Bonchev–Trinajstić information content (AvgIpc) is 3.51. The van der Waals surface area contributed by atoms with E-state index < -0.39 is 29.7 Å². The van der Waals surface area contributed by atoms with Crippen LogP contribution in [0.15, 0.2) is 42.9 Å². The molecule has 2 aliphatic heterocycles.